The molecule has 7 heteroatoms. The van der Waals surface area contributed by atoms with E-state index in [4.69, 9.17) is 4.98 Å². The summed E-state index contributed by atoms with van der Waals surface area (Å²) in [5.41, 5.74) is 6.19. The molecule has 3 aromatic heterocycles. The summed E-state index contributed by atoms with van der Waals surface area (Å²) in [6.07, 6.45) is 1.74. The van der Waals surface area contributed by atoms with Gasteiger partial charge in [-0.25, -0.2) is 9.97 Å². The van der Waals surface area contributed by atoms with Crippen molar-refractivity contribution in [3.8, 4) is 0 Å². The van der Waals surface area contributed by atoms with E-state index in [0.29, 0.717) is 17.2 Å². The van der Waals surface area contributed by atoms with Gasteiger partial charge in [0.25, 0.3) is 5.91 Å². The molecule has 0 atom stereocenters. The predicted molar refractivity (Wildman–Crippen MR) is 119 cm³/mol. The number of fused-ring (bicyclic) bond motifs is 2. The topological polar surface area (TPSA) is 59.0 Å². The Bertz CT molecular complexity index is 1330. The lowest BCUT2D eigenvalue weighted by molar-refractivity contribution is 0.0985. The molecule has 1 amide bonds. The van der Waals surface area contributed by atoms with Gasteiger partial charge in [0.2, 0.25) is 0 Å². The number of amides is 1. The molecule has 2 aromatic carbocycles. The summed E-state index contributed by atoms with van der Waals surface area (Å²) in [5, 5.41) is 0.672. The minimum Gasteiger partial charge on any atom is -0.278 e. The third-order valence-electron chi connectivity index (χ3n) is 4.63. The first kappa shape index (κ1) is 17.9. The first-order chi connectivity index (χ1) is 14.2. The molecule has 0 aliphatic heterocycles. The van der Waals surface area contributed by atoms with Crippen molar-refractivity contribution in [3.05, 3.63) is 83.1 Å². The van der Waals surface area contributed by atoms with Crippen molar-refractivity contribution >= 4 is 54.1 Å². The second kappa shape index (κ2) is 7.35. The zero-order valence-electron chi connectivity index (χ0n) is 15.6. The van der Waals surface area contributed by atoms with Gasteiger partial charge in [0.1, 0.15) is 0 Å². The maximum Gasteiger partial charge on any atom is 0.260 e. The number of aryl methyl sites for hydroxylation is 1. The number of carbonyl (C=O) groups is 1. The van der Waals surface area contributed by atoms with Gasteiger partial charge in [-0.2, -0.15) is 0 Å². The van der Waals surface area contributed by atoms with Crippen LogP contribution in [0.25, 0.3) is 20.4 Å². The smallest absolute Gasteiger partial charge is 0.260 e. The average molecular weight is 417 g/mol. The maximum absolute atomic E-state index is 13.5. The second-order valence-corrected chi connectivity index (χ2v) is 8.61. The van der Waals surface area contributed by atoms with Crippen LogP contribution in [0.3, 0.4) is 0 Å². The molecule has 5 rings (SSSR count). The molecule has 0 N–H and O–H groups in total. The molecule has 0 bridgehead atoms. The normalized spacial score (nSPS) is 11.2. The third-order valence-corrected chi connectivity index (χ3v) is 6.47. The molecule has 29 heavy (non-hydrogen) atoms. The predicted octanol–water partition coefficient (Wildman–Crippen LogP) is 5.46. The van der Waals surface area contributed by atoms with Crippen molar-refractivity contribution in [3.63, 3.8) is 0 Å². The number of nitrogens with zero attached hydrogens (tertiary/aromatic N) is 4. The van der Waals surface area contributed by atoms with E-state index in [1.807, 2.05) is 48.5 Å². The minimum atomic E-state index is -0.0956. The number of anilines is 1. The Morgan fingerprint density at radius 2 is 1.90 bits per heavy atom. The summed E-state index contributed by atoms with van der Waals surface area (Å²) in [7, 11) is 0. The number of thiazole rings is 2. The first-order valence-corrected chi connectivity index (χ1v) is 10.8. The fourth-order valence-electron chi connectivity index (χ4n) is 3.16. The van der Waals surface area contributed by atoms with Crippen LogP contribution in [-0.4, -0.2) is 20.9 Å². The van der Waals surface area contributed by atoms with Gasteiger partial charge in [0, 0.05) is 11.8 Å². The van der Waals surface area contributed by atoms with E-state index >= 15 is 0 Å². The van der Waals surface area contributed by atoms with Crippen LogP contribution in [0.2, 0.25) is 0 Å². The lowest BCUT2D eigenvalue weighted by atomic mass is 10.2. The van der Waals surface area contributed by atoms with E-state index in [2.05, 4.69) is 23.0 Å². The summed E-state index contributed by atoms with van der Waals surface area (Å²) in [6, 6.07) is 17.5. The van der Waals surface area contributed by atoms with Crippen LogP contribution in [0.1, 0.15) is 21.6 Å². The summed E-state index contributed by atoms with van der Waals surface area (Å²) >= 11 is 3.05. The molecule has 0 unspecified atom stereocenters. The van der Waals surface area contributed by atoms with Gasteiger partial charge in [0.05, 0.1) is 38.2 Å². The van der Waals surface area contributed by atoms with Crippen molar-refractivity contribution in [1.29, 1.82) is 0 Å². The number of hydrogen-bond acceptors (Lipinski definition) is 6. The summed E-state index contributed by atoms with van der Waals surface area (Å²) < 4.78 is 2.06. The molecule has 5 aromatic rings. The van der Waals surface area contributed by atoms with Crippen LogP contribution in [0.5, 0.6) is 0 Å². The van der Waals surface area contributed by atoms with Crippen molar-refractivity contribution in [2.24, 2.45) is 0 Å². The lowest BCUT2D eigenvalue weighted by Crippen LogP contribution is -2.30. The molecule has 3 heterocycles. The summed E-state index contributed by atoms with van der Waals surface area (Å²) in [4.78, 5) is 28.7. The quantitative estimate of drug-likeness (QED) is 0.390. The summed E-state index contributed by atoms with van der Waals surface area (Å²) in [5.74, 6) is -0.0956. The number of rotatable bonds is 4. The van der Waals surface area contributed by atoms with Crippen LogP contribution in [-0.2, 0) is 6.54 Å². The molecule has 0 aliphatic carbocycles. The fraction of sp³-hybridized carbons (Fsp3) is 0.0909. The van der Waals surface area contributed by atoms with E-state index in [-0.39, 0.29) is 5.91 Å². The van der Waals surface area contributed by atoms with Gasteiger partial charge in [-0.05, 0) is 55.0 Å². The SMILES string of the molecule is Cc1ccc2nc(N(Cc3ccccn3)C(=O)c3ccc4ncsc4c3)sc2c1. The zero-order chi connectivity index (χ0) is 19.8. The lowest BCUT2D eigenvalue weighted by Gasteiger charge is -2.19. The number of pyridine rings is 1. The highest BCUT2D eigenvalue weighted by molar-refractivity contribution is 7.22. The maximum atomic E-state index is 13.5. The van der Waals surface area contributed by atoms with Crippen molar-refractivity contribution in [2.75, 3.05) is 4.90 Å². The first-order valence-electron chi connectivity index (χ1n) is 9.09. The van der Waals surface area contributed by atoms with Crippen LogP contribution < -0.4 is 4.90 Å². The molecule has 0 saturated carbocycles. The standard InChI is InChI=1S/C22H16N4OS2/c1-14-5-7-18-20(10-14)29-22(25-18)26(12-16-4-2-3-9-23-16)21(27)15-6-8-17-19(11-15)28-13-24-17/h2-11,13H,12H2,1H3. The Morgan fingerprint density at radius 1 is 1.00 bits per heavy atom. The monoisotopic (exact) mass is 416 g/mol. The number of aromatic nitrogens is 3. The molecular weight excluding hydrogens is 400 g/mol. The van der Waals surface area contributed by atoms with Crippen molar-refractivity contribution in [1.82, 2.24) is 15.0 Å². The Kier molecular flexibility index (Phi) is 4.54. The molecular formula is C22H16N4OS2. The average Bonchev–Trinajstić information content (AvgIpc) is 3.38. The van der Waals surface area contributed by atoms with E-state index in [1.54, 1.807) is 16.6 Å². The number of carbonyl (C=O) groups excluding carboxylic acids is 1. The largest absolute Gasteiger partial charge is 0.278 e. The minimum absolute atomic E-state index is 0.0956. The van der Waals surface area contributed by atoms with E-state index < -0.39 is 0 Å². The molecule has 0 saturated heterocycles. The number of hydrogen-bond donors (Lipinski definition) is 0. The third kappa shape index (κ3) is 3.50. The van der Waals surface area contributed by atoms with Crippen molar-refractivity contribution in [2.45, 2.75) is 13.5 Å². The van der Waals surface area contributed by atoms with Gasteiger partial charge in [-0.3, -0.25) is 14.7 Å². The van der Waals surface area contributed by atoms with Gasteiger partial charge < -0.3 is 0 Å². The highest BCUT2D eigenvalue weighted by atomic mass is 32.1. The van der Waals surface area contributed by atoms with Gasteiger partial charge in [-0.15, -0.1) is 11.3 Å². The van der Waals surface area contributed by atoms with Crippen LogP contribution in [0.15, 0.2) is 66.3 Å². The van der Waals surface area contributed by atoms with Crippen molar-refractivity contribution < 1.29 is 4.79 Å². The van der Waals surface area contributed by atoms with E-state index in [0.717, 1.165) is 26.1 Å². The molecule has 0 radical (unpaired) electrons. The molecule has 0 fully saturated rings. The highest BCUT2D eigenvalue weighted by Crippen LogP contribution is 2.32. The van der Waals surface area contributed by atoms with Gasteiger partial charge in [0.15, 0.2) is 5.13 Å². The van der Waals surface area contributed by atoms with E-state index in [1.165, 1.54) is 28.2 Å². The molecule has 0 aliphatic rings. The molecule has 142 valence electrons. The van der Waals surface area contributed by atoms with Gasteiger partial charge >= 0.3 is 0 Å². The Balaban J connectivity index is 1.59. The summed E-state index contributed by atoms with van der Waals surface area (Å²) in [6.45, 7) is 2.42. The zero-order valence-corrected chi connectivity index (χ0v) is 17.2. The van der Waals surface area contributed by atoms with Crippen LogP contribution >= 0.6 is 22.7 Å². The van der Waals surface area contributed by atoms with Crippen LogP contribution in [0.4, 0.5) is 5.13 Å². The Hall–Kier alpha value is -3.16. The Labute approximate surface area is 175 Å². The Morgan fingerprint density at radius 3 is 2.76 bits per heavy atom. The van der Waals surface area contributed by atoms with E-state index in [9.17, 15) is 4.79 Å². The van der Waals surface area contributed by atoms with Gasteiger partial charge in [-0.1, -0.05) is 23.5 Å². The molecule has 5 nitrogen and oxygen atoms in total. The second-order valence-electron chi connectivity index (χ2n) is 6.71. The van der Waals surface area contributed by atoms with Crippen LogP contribution in [0, 0.1) is 6.92 Å². The molecule has 0 spiro atoms. The number of benzene rings is 2. The fourth-order valence-corrected chi connectivity index (χ4v) is 4.94. The highest BCUT2D eigenvalue weighted by Gasteiger charge is 2.22.